The van der Waals surface area contributed by atoms with Crippen LogP contribution >= 0.6 is 0 Å². The lowest BCUT2D eigenvalue weighted by Gasteiger charge is -2.37. The van der Waals surface area contributed by atoms with E-state index in [1.165, 1.54) is 19.2 Å². The largest absolute Gasteiger partial charge is 0.304 e. The highest BCUT2D eigenvalue weighted by molar-refractivity contribution is 6.14. The minimum Gasteiger partial charge on any atom is -0.304 e. The maximum absolute atomic E-state index is 14.7. The predicted molar refractivity (Wildman–Crippen MR) is 94.2 cm³/mol. The summed E-state index contributed by atoms with van der Waals surface area (Å²) < 4.78 is 30.4. The minimum atomic E-state index is -0.696. The van der Waals surface area contributed by atoms with Gasteiger partial charge in [-0.2, -0.15) is 5.48 Å². The molecule has 1 aliphatic heterocycles. The quantitative estimate of drug-likeness (QED) is 0.732. The fraction of sp³-hybridized carbons (Fsp3) is 0.263. The van der Waals surface area contributed by atoms with Crippen molar-refractivity contribution in [1.82, 2.24) is 14.9 Å². The number of hydroxylamine groups is 1. The first-order valence-corrected chi connectivity index (χ1v) is 8.23. The molecule has 0 fully saturated rings. The van der Waals surface area contributed by atoms with Crippen LogP contribution in [0.3, 0.4) is 0 Å². The molecule has 0 saturated heterocycles. The van der Waals surface area contributed by atoms with E-state index in [0.29, 0.717) is 22.5 Å². The number of hydrogen-bond acceptors (Lipinski definition) is 4. The van der Waals surface area contributed by atoms with Gasteiger partial charge in [-0.1, -0.05) is 12.1 Å². The summed E-state index contributed by atoms with van der Waals surface area (Å²) in [5.74, 6) is -0.773. The van der Waals surface area contributed by atoms with E-state index in [1.54, 1.807) is 35.0 Å². The van der Waals surface area contributed by atoms with Crippen molar-refractivity contribution in [2.75, 3.05) is 7.11 Å². The number of halogens is 2. The Labute approximate surface area is 149 Å². The van der Waals surface area contributed by atoms with Crippen LogP contribution in [0.1, 0.15) is 36.7 Å². The second kappa shape index (κ2) is 5.96. The van der Waals surface area contributed by atoms with Crippen LogP contribution in [0.5, 0.6) is 0 Å². The Morgan fingerprint density at radius 2 is 1.92 bits per heavy atom. The molecule has 26 heavy (non-hydrogen) atoms. The molecule has 1 N–H and O–H groups in total. The summed E-state index contributed by atoms with van der Waals surface area (Å²) in [5, 5.41) is 0. The van der Waals surface area contributed by atoms with Gasteiger partial charge in [-0.25, -0.2) is 13.8 Å². The molecule has 0 spiro atoms. The molecule has 3 aromatic rings. The molecule has 7 heteroatoms. The third kappa shape index (κ3) is 2.43. The van der Waals surface area contributed by atoms with Gasteiger partial charge in [-0.15, -0.1) is 0 Å². The van der Waals surface area contributed by atoms with E-state index in [2.05, 4.69) is 10.5 Å². The monoisotopic (exact) mass is 356 g/mol. The highest BCUT2D eigenvalue weighted by Crippen LogP contribution is 2.39. The topological polar surface area (TPSA) is 50.9 Å². The maximum Gasteiger partial charge on any atom is 0.173 e. The third-order valence-corrected chi connectivity index (χ3v) is 4.67. The molecular formula is C19H18F2N4O. The Morgan fingerprint density at radius 1 is 1.15 bits per heavy atom. The molecular weight excluding hydrogens is 338 g/mol. The first-order valence-electron chi connectivity index (χ1n) is 8.23. The number of imidazole rings is 1. The van der Waals surface area contributed by atoms with Crippen LogP contribution in [0, 0.1) is 11.6 Å². The molecule has 0 radical (unpaired) electrons. The average molecular weight is 356 g/mol. The van der Waals surface area contributed by atoms with Crippen molar-refractivity contribution in [2.24, 2.45) is 4.99 Å². The molecule has 0 saturated carbocycles. The van der Waals surface area contributed by atoms with Crippen molar-refractivity contribution in [1.29, 1.82) is 0 Å². The first-order chi connectivity index (χ1) is 12.4. The molecule has 1 atom stereocenters. The molecule has 4 rings (SSSR count). The van der Waals surface area contributed by atoms with Crippen molar-refractivity contribution in [3.05, 3.63) is 71.2 Å². The molecule has 0 aliphatic carbocycles. The Morgan fingerprint density at radius 3 is 2.69 bits per heavy atom. The molecule has 1 unspecified atom stereocenters. The first kappa shape index (κ1) is 16.8. The van der Waals surface area contributed by atoms with Crippen LogP contribution < -0.4 is 5.48 Å². The summed E-state index contributed by atoms with van der Waals surface area (Å²) in [4.78, 5) is 14.1. The summed E-state index contributed by atoms with van der Waals surface area (Å²) in [5.41, 5.74) is 4.64. The zero-order chi connectivity index (χ0) is 18.5. The summed E-state index contributed by atoms with van der Waals surface area (Å²) >= 11 is 0. The van der Waals surface area contributed by atoms with Crippen LogP contribution in [0.2, 0.25) is 0 Å². The Kier molecular flexibility index (Phi) is 3.86. The third-order valence-electron chi connectivity index (χ3n) is 4.67. The minimum absolute atomic E-state index is 0.207. The normalized spacial score (nSPS) is 18.7. The number of pyridine rings is 1. The van der Waals surface area contributed by atoms with Gasteiger partial charge in [0.2, 0.25) is 0 Å². The van der Waals surface area contributed by atoms with Gasteiger partial charge >= 0.3 is 0 Å². The number of aliphatic imine (C=N–C) groups is 1. The molecule has 1 aromatic carbocycles. The van der Waals surface area contributed by atoms with E-state index in [1.807, 2.05) is 13.8 Å². The molecule has 1 aliphatic rings. The van der Waals surface area contributed by atoms with Crippen molar-refractivity contribution < 1.29 is 13.6 Å². The molecule has 134 valence electrons. The Hall–Kier alpha value is -2.64. The van der Waals surface area contributed by atoms with E-state index in [-0.39, 0.29) is 11.5 Å². The second-order valence-corrected chi connectivity index (χ2v) is 6.76. The van der Waals surface area contributed by atoms with Crippen LogP contribution in [0.15, 0.2) is 47.7 Å². The van der Waals surface area contributed by atoms with Crippen LogP contribution in [0.25, 0.3) is 5.65 Å². The van der Waals surface area contributed by atoms with Gasteiger partial charge in [0, 0.05) is 17.3 Å². The molecule has 3 heterocycles. The number of nitrogens with one attached hydrogen (secondary N) is 1. The maximum atomic E-state index is 14.7. The molecule has 5 nitrogen and oxygen atoms in total. The Balaban J connectivity index is 2.00. The fourth-order valence-electron chi connectivity index (χ4n) is 3.47. The van der Waals surface area contributed by atoms with Crippen molar-refractivity contribution in [3.8, 4) is 0 Å². The summed E-state index contributed by atoms with van der Waals surface area (Å²) in [6.07, 6.45) is 3.28. The van der Waals surface area contributed by atoms with Crippen LogP contribution in [0.4, 0.5) is 8.78 Å². The zero-order valence-corrected chi connectivity index (χ0v) is 14.6. The number of nitrogens with zero attached hydrogens (tertiary/aromatic N) is 3. The van der Waals surface area contributed by atoms with E-state index in [0.717, 1.165) is 0 Å². The Bertz CT molecular complexity index is 1030. The number of hydrogen-bond donors (Lipinski definition) is 1. The number of aromatic nitrogens is 2. The average Bonchev–Trinajstić information content (AvgIpc) is 3.03. The number of fused-ring (bicyclic) bond motifs is 2. The highest BCUT2D eigenvalue weighted by atomic mass is 19.1. The van der Waals surface area contributed by atoms with Gasteiger partial charge in [0.25, 0.3) is 0 Å². The van der Waals surface area contributed by atoms with E-state index < -0.39 is 17.4 Å². The number of rotatable bonds is 3. The van der Waals surface area contributed by atoms with Gasteiger partial charge < -0.3 is 4.84 Å². The van der Waals surface area contributed by atoms with Crippen molar-refractivity contribution in [3.63, 3.8) is 0 Å². The van der Waals surface area contributed by atoms with E-state index in [9.17, 15) is 8.78 Å². The summed E-state index contributed by atoms with van der Waals surface area (Å²) in [6, 6.07) is 7.33. The van der Waals surface area contributed by atoms with Crippen molar-refractivity contribution in [2.45, 2.75) is 25.4 Å². The lowest BCUT2D eigenvalue weighted by Crippen LogP contribution is -2.43. The SMILES string of the molecule is CONC1c2c(F)cccc2C(c2cnc3c(F)cccn23)=NC1(C)C. The molecule has 0 amide bonds. The zero-order valence-electron chi connectivity index (χ0n) is 14.6. The summed E-state index contributed by atoms with van der Waals surface area (Å²) in [7, 11) is 1.49. The van der Waals surface area contributed by atoms with E-state index >= 15 is 0 Å². The van der Waals surface area contributed by atoms with Gasteiger partial charge in [0.05, 0.1) is 36.3 Å². The van der Waals surface area contributed by atoms with Gasteiger partial charge in [-0.05, 0) is 32.0 Å². The van der Waals surface area contributed by atoms with Gasteiger partial charge in [0.15, 0.2) is 11.5 Å². The molecule has 0 bridgehead atoms. The van der Waals surface area contributed by atoms with Crippen LogP contribution in [-0.4, -0.2) is 27.7 Å². The lowest BCUT2D eigenvalue weighted by molar-refractivity contribution is 0.0376. The standard InChI is InChI=1S/C19H18F2N4O/c1-19(2)17(24-26-3)15-11(6-4-7-12(15)20)16(23-19)14-10-22-18-13(21)8-5-9-25(14)18/h4-10,17,24H,1-3H3. The van der Waals surface area contributed by atoms with Crippen molar-refractivity contribution >= 4 is 11.4 Å². The lowest BCUT2D eigenvalue weighted by atomic mass is 9.81. The molecule has 2 aromatic heterocycles. The predicted octanol–water partition coefficient (Wildman–Crippen LogP) is 3.43. The number of benzene rings is 1. The summed E-state index contributed by atoms with van der Waals surface area (Å²) in [6.45, 7) is 3.78. The highest BCUT2D eigenvalue weighted by Gasteiger charge is 2.40. The smallest absolute Gasteiger partial charge is 0.173 e. The van der Waals surface area contributed by atoms with E-state index in [4.69, 9.17) is 9.83 Å². The van der Waals surface area contributed by atoms with Gasteiger partial charge in [-0.3, -0.25) is 9.39 Å². The van der Waals surface area contributed by atoms with Crippen LogP contribution in [-0.2, 0) is 4.84 Å². The fourth-order valence-corrected chi connectivity index (χ4v) is 3.47. The van der Waals surface area contributed by atoms with Gasteiger partial charge in [0.1, 0.15) is 5.82 Å². The second-order valence-electron chi connectivity index (χ2n) is 6.76.